The van der Waals surface area contributed by atoms with E-state index in [4.69, 9.17) is 0 Å². The number of benzene rings is 1. The third kappa shape index (κ3) is 4.19. The van der Waals surface area contributed by atoms with E-state index in [1.807, 2.05) is 0 Å². The summed E-state index contributed by atoms with van der Waals surface area (Å²) >= 11 is 0. The molecular formula is C21H24. The third-order valence-electron chi connectivity index (χ3n) is 3.93. The highest BCUT2D eigenvalue weighted by Crippen LogP contribution is 2.25. The maximum Gasteiger partial charge on any atom is -0.0187 e. The summed E-state index contributed by atoms with van der Waals surface area (Å²) in [6.07, 6.45) is 13.1. The highest BCUT2D eigenvalue weighted by atomic mass is 14.1. The van der Waals surface area contributed by atoms with Crippen LogP contribution in [0.3, 0.4) is 0 Å². The van der Waals surface area contributed by atoms with Crippen LogP contribution in [0, 0.1) is 6.92 Å². The summed E-state index contributed by atoms with van der Waals surface area (Å²) in [4.78, 5) is 0. The molecule has 0 saturated carbocycles. The normalized spacial score (nSPS) is 15.9. The molecule has 2 rings (SSSR count). The van der Waals surface area contributed by atoms with Crippen LogP contribution in [0.5, 0.6) is 0 Å². The first-order valence-electron chi connectivity index (χ1n) is 7.57. The summed E-state index contributed by atoms with van der Waals surface area (Å²) in [6, 6.07) is 8.64. The molecule has 1 aromatic carbocycles. The van der Waals surface area contributed by atoms with Crippen molar-refractivity contribution in [3.05, 3.63) is 89.1 Å². The molecule has 0 atom stereocenters. The van der Waals surface area contributed by atoms with Crippen LogP contribution in [0.15, 0.2) is 77.9 Å². The fourth-order valence-electron chi connectivity index (χ4n) is 2.41. The lowest BCUT2D eigenvalue weighted by molar-refractivity contribution is 0.919. The predicted molar refractivity (Wildman–Crippen MR) is 94.2 cm³/mol. The fraction of sp³-hybridized carbons (Fsp3) is 0.238. The van der Waals surface area contributed by atoms with Gasteiger partial charge < -0.3 is 0 Å². The second kappa shape index (κ2) is 7.08. The average molecular weight is 276 g/mol. The Morgan fingerprint density at radius 3 is 2.29 bits per heavy atom. The molecule has 0 saturated heterocycles. The van der Waals surface area contributed by atoms with Gasteiger partial charge in [-0.2, -0.15) is 0 Å². The second-order valence-corrected chi connectivity index (χ2v) is 5.67. The summed E-state index contributed by atoms with van der Waals surface area (Å²) < 4.78 is 0. The highest BCUT2D eigenvalue weighted by Gasteiger charge is 2.05. The molecule has 0 nitrogen and oxygen atoms in total. The first-order valence-corrected chi connectivity index (χ1v) is 7.57. The molecule has 0 heteroatoms. The molecule has 21 heavy (non-hydrogen) atoms. The number of rotatable bonds is 4. The zero-order valence-corrected chi connectivity index (χ0v) is 13.3. The molecule has 1 aliphatic carbocycles. The quantitative estimate of drug-likeness (QED) is 0.576. The lowest BCUT2D eigenvalue weighted by Crippen LogP contribution is -1.92. The minimum atomic E-state index is 1.10. The Hall–Kier alpha value is -2.08. The van der Waals surface area contributed by atoms with Crippen LogP contribution >= 0.6 is 0 Å². The second-order valence-electron chi connectivity index (χ2n) is 5.67. The SMILES string of the molecule is C=C(/C=C\C(=C/C)c1ccc(C)cc1)C1=CC=C(C)CC1. The Bertz CT molecular complexity index is 631. The molecule has 1 aliphatic rings. The molecule has 0 aromatic heterocycles. The maximum atomic E-state index is 4.21. The van der Waals surface area contributed by atoms with Crippen molar-refractivity contribution >= 4 is 5.57 Å². The monoisotopic (exact) mass is 276 g/mol. The van der Waals surface area contributed by atoms with Crippen LogP contribution in [0.4, 0.5) is 0 Å². The van der Waals surface area contributed by atoms with Gasteiger partial charge in [-0.25, -0.2) is 0 Å². The van der Waals surface area contributed by atoms with Crippen LogP contribution < -0.4 is 0 Å². The van der Waals surface area contributed by atoms with E-state index in [9.17, 15) is 0 Å². The van der Waals surface area contributed by atoms with E-state index in [0.717, 1.165) is 18.4 Å². The molecule has 108 valence electrons. The van der Waals surface area contributed by atoms with Crippen LogP contribution in [0.2, 0.25) is 0 Å². The Morgan fingerprint density at radius 1 is 1.00 bits per heavy atom. The van der Waals surface area contributed by atoms with Crippen molar-refractivity contribution < 1.29 is 0 Å². The standard InChI is InChI=1S/C21H24/c1-5-19(21-13-8-17(3)9-14-21)15-10-18(4)20-11-6-16(2)7-12-20/h5-6,8-11,13-15H,4,7,12H2,1-3H3/b15-10-,19-5+. The minimum absolute atomic E-state index is 1.10. The van der Waals surface area contributed by atoms with Gasteiger partial charge in [-0.1, -0.05) is 72.4 Å². The van der Waals surface area contributed by atoms with E-state index >= 15 is 0 Å². The first-order chi connectivity index (χ1) is 10.1. The third-order valence-corrected chi connectivity index (χ3v) is 3.93. The van der Waals surface area contributed by atoms with Gasteiger partial charge in [0.05, 0.1) is 0 Å². The van der Waals surface area contributed by atoms with E-state index in [1.54, 1.807) is 0 Å². The van der Waals surface area contributed by atoms with E-state index in [1.165, 1.54) is 27.8 Å². The molecule has 0 bridgehead atoms. The Kier molecular flexibility index (Phi) is 5.16. The zero-order valence-electron chi connectivity index (χ0n) is 13.3. The smallest absolute Gasteiger partial charge is 0.0187 e. The topological polar surface area (TPSA) is 0 Å². The van der Waals surface area contributed by atoms with Crippen molar-refractivity contribution in [1.82, 2.24) is 0 Å². The average Bonchev–Trinajstić information content (AvgIpc) is 2.50. The zero-order chi connectivity index (χ0) is 15.2. The Balaban J connectivity index is 2.12. The Labute approximate surface area is 128 Å². The van der Waals surface area contributed by atoms with E-state index in [0.29, 0.717) is 0 Å². The summed E-state index contributed by atoms with van der Waals surface area (Å²) in [5.74, 6) is 0. The van der Waals surface area contributed by atoms with Crippen molar-refractivity contribution in [3.63, 3.8) is 0 Å². The summed E-state index contributed by atoms with van der Waals surface area (Å²) in [5, 5.41) is 0. The van der Waals surface area contributed by atoms with Gasteiger partial charge >= 0.3 is 0 Å². The van der Waals surface area contributed by atoms with E-state index < -0.39 is 0 Å². The van der Waals surface area contributed by atoms with Gasteiger partial charge in [0, 0.05) is 0 Å². The molecule has 1 aromatic rings. The van der Waals surface area contributed by atoms with Gasteiger partial charge in [0.25, 0.3) is 0 Å². The lowest BCUT2D eigenvalue weighted by atomic mass is 9.93. The minimum Gasteiger partial charge on any atom is -0.0915 e. The number of hydrogen-bond acceptors (Lipinski definition) is 0. The summed E-state index contributed by atoms with van der Waals surface area (Å²) in [6.45, 7) is 10.6. The van der Waals surface area contributed by atoms with Gasteiger partial charge in [0.1, 0.15) is 0 Å². The molecule has 0 heterocycles. The van der Waals surface area contributed by atoms with Crippen molar-refractivity contribution in [2.45, 2.75) is 33.6 Å². The Morgan fingerprint density at radius 2 is 1.71 bits per heavy atom. The molecule has 0 amide bonds. The summed E-state index contributed by atoms with van der Waals surface area (Å²) in [5.41, 5.74) is 7.68. The van der Waals surface area contributed by atoms with Crippen LogP contribution in [-0.4, -0.2) is 0 Å². The molecule has 0 fully saturated rings. The lowest BCUT2D eigenvalue weighted by Gasteiger charge is -2.12. The molecule has 0 radical (unpaired) electrons. The molecule has 0 unspecified atom stereocenters. The highest BCUT2D eigenvalue weighted by molar-refractivity contribution is 5.74. The van der Waals surface area contributed by atoms with Crippen molar-refractivity contribution in [3.8, 4) is 0 Å². The maximum absolute atomic E-state index is 4.21. The van der Waals surface area contributed by atoms with Crippen LogP contribution in [-0.2, 0) is 0 Å². The molecule has 0 N–H and O–H groups in total. The van der Waals surface area contributed by atoms with Crippen LogP contribution in [0.1, 0.15) is 37.8 Å². The number of hydrogen-bond donors (Lipinski definition) is 0. The van der Waals surface area contributed by atoms with Crippen LogP contribution in [0.25, 0.3) is 5.57 Å². The van der Waals surface area contributed by atoms with Gasteiger partial charge in [0.2, 0.25) is 0 Å². The molecule has 0 spiro atoms. The van der Waals surface area contributed by atoms with Gasteiger partial charge in [-0.05, 0) is 55.9 Å². The predicted octanol–water partition coefficient (Wildman–Crippen LogP) is 6.18. The van der Waals surface area contributed by atoms with Crippen molar-refractivity contribution in [2.24, 2.45) is 0 Å². The molecule has 0 aliphatic heterocycles. The number of aryl methyl sites for hydroxylation is 1. The first kappa shape index (κ1) is 15.3. The molecular weight excluding hydrogens is 252 g/mol. The van der Waals surface area contributed by atoms with E-state index in [-0.39, 0.29) is 0 Å². The fourth-order valence-corrected chi connectivity index (χ4v) is 2.41. The van der Waals surface area contributed by atoms with E-state index in [2.05, 4.69) is 82.0 Å². The van der Waals surface area contributed by atoms with Crippen molar-refractivity contribution in [2.75, 3.05) is 0 Å². The number of allylic oxidation sites excluding steroid dienone is 9. The largest absolute Gasteiger partial charge is 0.0915 e. The van der Waals surface area contributed by atoms with Gasteiger partial charge in [-0.3, -0.25) is 0 Å². The van der Waals surface area contributed by atoms with Gasteiger partial charge in [-0.15, -0.1) is 0 Å². The summed E-state index contributed by atoms with van der Waals surface area (Å²) in [7, 11) is 0. The van der Waals surface area contributed by atoms with Gasteiger partial charge in [0.15, 0.2) is 0 Å². The van der Waals surface area contributed by atoms with Crippen molar-refractivity contribution in [1.29, 1.82) is 0 Å².